The fraction of sp³-hybridized carbons (Fsp3) is 0.346. The summed E-state index contributed by atoms with van der Waals surface area (Å²) in [5, 5.41) is 4.23. The number of benzene rings is 2. The van der Waals surface area contributed by atoms with Crippen LogP contribution < -0.4 is 10.1 Å². The van der Waals surface area contributed by atoms with Crippen LogP contribution in [-0.2, 0) is 22.5 Å². The van der Waals surface area contributed by atoms with Crippen LogP contribution in [0, 0.1) is 0 Å². The molecule has 188 valence electrons. The Morgan fingerprint density at radius 1 is 1.17 bits per heavy atom. The molecule has 10 heteroatoms. The van der Waals surface area contributed by atoms with Gasteiger partial charge in [-0.1, -0.05) is 33.6 Å². The fourth-order valence-electron chi connectivity index (χ4n) is 4.75. The maximum atomic E-state index is 13.7. The maximum absolute atomic E-state index is 13.7. The van der Waals surface area contributed by atoms with Crippen molar-refractivity contribution in [3.63, 3.8) is 0 Å². The van der Waals surface area contributed by atoms with Crippen LogP contribution in [0.5, 0.6) is 5.75 Å². The van der Waals surface area contributed by atoms with Crippen LogP contribution in [0.15, 0.2) is 40.9 Å². The average molecular weight is 574 g/mol. The summed E-state index contributed by atoms with van der Waals surface area (Å²) in [5.74, 6) is 0.342. The van der Waals surface area contributed by atoms with Gasteiger partial charge in [-0.3, -0.25) is 19.5 Å². The lowest BCUT2D eigenvalue weighted by atomic mass is 9.94. The highest BCUT2D eigenvalue weighted by atomic mass is 79.9. The normalized spacial score (nSPS) is 16.0. The molecule has 0 spiro atoms. The number of carbonyl (C=O) groups is 2. The third-order valence-electron chi connectivity index (χ3n) is 6.50. The molecule has 0 bridgehead atoms. The molecule has 1 aromatic heterocycles. The first kappa shape index (κ1) is 25.0. The number of amides is 2. The van der Waals surface area contributed by atoms with Gasteiger partial charge in [0.25, 0.3) is 5.91 Å². The molecule has 2 aromatic carbocycles. The fourth-order valence-corrected chi connectivity index (χ4v) is 5.27. The van der Waals surface area contributed by atoms with Crippen molar-refractivity contribution in [1.29, 1.82) is 0 Å². The molecule has 0 saturated carbocycles. The molecule has 1 saturated heterocycles. The highest BCUT2D eigenvalue weighted by Gasteiger charge is 2.30. The first-order chi connectivity index (χ1) is 17.4. The predicted molar refractivity (Wildman–Crippen MR) is 142 cm³/mol. The van der Waals surface area contributed by atoms with Gasteiger partial charge in [0.1, 0.15) is 5.75 Å². The minimum atomic E-state index is -0.183. The van der Waals surface area contributed by atoms with Crippen LogP contribution in [0.25, 0.3) is 10.9 Å². The van der Waals surface area contributed by atoms with E-state index in [0.29, 0.717) is 67.8 Å². The molecule has 1 N–H and O–H groups in total. The molecule has 8 nitrogen and oxygen atoms in total. The molecule has 0 radical (unpaired) electrons. The van der Waals surface area contributed by atoms with E-state index in [2.05, 4.69) is 21.2 Å². The lowest BCUT2D eigenvalue weighted by Crippen LogP contribution is -2.42. The van der Waals surface area contributed by atoms with Crippen LogP contribution >= 0.6 is 27.5 Å². The monoisotopic (exact) mass is 572 g/mol. The Labute approximate surface area is 222 Å². The molecule has 3 heterocycles. The zero-order valence-electron chi connectivity index (χ0n) is 19.9. The van der Waals surface area contributed by atoms with Gasteiger partial charge in [-0.05, 0) is 30.3 Å². The molecule has 2 amide bonds. The lowest BCUT2D eigenvalue weighted by molar-refractivity contribution is -0.117. The smallest absolute Gasteiger partial charge is 0.255 e. The molecule has 3 aromatic rings. The third-order valence-corrected chi connectivity index (χ3v) is 7.22. The number of anilines is 1. The van der Waals surface area contributed by atoms with Gasteiger partial charge >= 0.3 is 0 Å². The molecule has 2 aliphatic rings. The molecular formula is C26H26BrClN4O4. The number of hydrogen-bond donors (Lipinski definition) is 1. The Morgan fingerprint density at radius 3 is 2.75 bits per heavy atom. The van der Waals surface area contributed by atoms with Crippen LogP contribution in [0.1, 0.15) is 21.6 Å². The van der Waals surface area contributed by atoms with Crippen molar-refractivity contribution >= 4 is 55.9 Å². The molecule has 1 fully saturated rings. The Kier molecular flexibility index (Phi) is 7.43. The van der Waals surface area contributed by atoms with Crippen molar-refractivity contribution in [2.75, 3.05) is 51.8 Å². The first-order valence-corrected chi connectivity index (χ1v) is 12.9. The Hall–Kier alpha value is -2.72. The molecule has 36 heavy (non-hydrogen) atoms. The van der Waals surface area contributed by atoms with E-state index in [1.807, 2.05) is 28.0 Å². The van der Waals surface area contributed by atoms with Crippen molar-refractivity contribution in [2.45, 2.75) is 13.0 Å². The number of ether oxygens (including phenoxy) is 2. The number of rotatable bonds is 5. The first-order valence-electron chi connectivity index (χ1n) is 11.8. The number of fused-ring (bicyclic) bond motifs is 2. The Bertz CT molecular complexity index is 1330. The van der Waals surface area contributed by atoms with Crippen molar-refractivity contribution in [3.05, 3.63) is 62.7 Å². The van der Waals surface area contributed by atoms with E-state index in [1.54, 1.807) is 25.3 Å². The van der Waals surface area contributed by atoms with Gasteiger partial charge in [0.05, 0.1) is 43.6 Å². The van der Waals surface area contributed by atoms with Gasteiger partial charge in [0.15, 0.2) is 0 Å². The number of carbonyl (C=O) groups excluding carboxylic acids is 2. The van der Waals surface area contributed by atoms with Crippen molar-refractivity contribution in [2.24, 2.45) is 0 Å². The summed E-state index contributed by atoms with van der Waals surface area (Å²) < 4.78 is 11.7. The van der Waals surface area contributed by atoms with Gasteiger partial charge in [0, 0.05) is 58.7 Å². The second-order valence-electron chi connectivity index (χ2n) is 8.83. The summed E-state index contributed by atoms with van der Waals surface area (Å²) in [7, 11) is 1.54. The van der Waals surface area contributed by atoms with Gasteiger partial charge in [-0.2, -0.15) is 0 Å². The standard InChI is InChI=1S/C26H26BrClN4O4/c1-35-23-5-3-17(28)13-22(23)30-24(33)15-31-7-6-20-19(14-31)25(26(34)32-8-10-36-11-9-32)18-4-2-16(27)12-21(18)29-20/h2-5,12-13H,6-11,14-15H2,1H3,(H,30,33). The summed E-state index contributed by atoms with van der Waals surface area (Å²) in [6.45, 7) is 3.45. The molecule has 2 aliphatic heterocycles. The van der Waals surface area contributed by atoms with Gasteiger partial charge < -0.3 is 19.7 Å². The Balaban J connectivity index is 1.43. The number of methoxy groups -OCH3 is 1. The average Bonchev–Trinajstić information content (AvgIpc) is 2.87. The van der Waals surface area contributed by atoms with E-state index in [-0.39, 0.29) is 18.4 Å². The zero-order chi connectivity index (χ0) is 25.2. The number of aromatic nitrogens is 1. The van der Waals surface area contributed by atoms with E-state index in [9.17, 15) is 9.59 Å². The summed E-state index contributed by atoms with van der Waals surface area (Å²) in [6.07, 6.45) is 0.648. The number of nitrogens with one attached hydrogen (secondary N) is 1. The number of halogens is 2. The topological polar surface area (TPSA) is 84.0 Å². The number of hydrogen-bond acceptors (Lipinski definition) is 6. The second-order valence-corrected chi connectivity index (χ2v) is 10.2. The van der Waals surface area contributed by atoms with Crippen molar-refractivity contribution in [1.82, 2.24) is 14.8 Å². The highest BCUT2D eigenvalue weighted by molar-refractivity contribution is 9.10. The summed E-state index contributed by atoms with van der Waals surface area (Å²) >= 11 is 9.63. The number of pyridine rings is 1. The van der Waals surface area contributed by atoms with E-state index in [1.165, 1.54) is 0 Å². The zero-order valence-corrected chi connectivity index (χ0v) is 22.2. The van der Waals surface area contributed by atoms with Gasteiger partial charge in [0.2, 0.25) is 5.91 Å². The molecule has 0 aliphatic carbocycles. The van der Waals surface area contributed by atoms with E-state index in [4.69, 9.17) is 26.1 Å². The quantitative estimate of drug-likeness (QED) is 0.494. The van der Waals surface area contributed by atoms with Crippen LogP contribution in [0.2, 0.25) is 5.02 Å². The number of nitrogens with zero attached hydrogens (tertiary/aromatic N) is 3. The third kappa shape index (κ3) is 5.20. The van der Waals surface area contributed by atoms with Gasteiger partial charge in [-0.25, -0.2) is 0 Å². The molecule has 0 unspecified atom stereocenters. The predicted octanol–water partition coefficient (Wildman–Crippen LogP) is 4.13. The van der Waals surface area contributed by atoms with E-state index < -0.39 is 0 Å². The summed E-state index contributed by atoms with van der Waals surface area (Å²) in [4.78, 5) is 35.5. The Morgan fingerprint density at radius 2 is 1.97 bits per heavy atom. The van der Waals surface area contributed by atoms with E-state index in [0.717, 1.165) is 26.6 Å². The van der Waals surface area contributed by atoms with E-state index >= 15 is 0 Å². The van der Waals surface area contributed by atoms with Crippen molar-refractivity contribution < 1.29 is 19.1 Å². The lowest BCUT2D eigenvalue weighted by Gasteiger charge is -2.32. The second kappa shape index (κ2) is 10.7. The number of morpholine rings is 1. The molecule has 5 rings (SSSR count). The van der Waals surface area contributed by atoms with Crippen LogP contribution in [0.3, 0.4) is 0 Å². The molecular weight excluding hydrogens is 548 g/mol. The largest absolute Gasteiger partial charge is 0.495 e. The van der Waals surface area contributed by atoms with Crippen molar-refractivity contribution in [3.8, 4) is 5.75 Å². The van der Waals surface area contributed by atoms with Crippen LogP contribution in [0.4, 0.5) is 5.69 Å². The summed E-state index contributed by atoms with van der Waals surface area (Å²) in [5.41, 5.74) is 3.78. The SMILES string of the molecule is COc1ccc(Cl)cc1NC(=O)CN1CCc2nc3cc(Br)ccc3c(C(=O)N3CCOCC3)c2C1. The molecule has 0 atom stereocenters. The summed E-state index contributed by atoms with van der Waals surface area (Å²) in [6, 6.07) is 10.9. The minimum absolute atomic E-state index is 0.0146. The minimum Gasteiger partial charge on any atom is -0.495 e. The van der Waals surface area contributed by atoms with Gasteiger partial charge in [-0.15, -0.1) is 0 Å². The highest BCUT2D eigenvalue weighted by Crippen LogP contribution is 2.32. The van der Waals surface area contributed by atoms with Crippen LogP contribution in [-0.4, -0.2) is 73.1 Å². The maximum Gasteiger partial charge on any atom is 0.255 e.